The molecule has 0 aromatic heterocycles. The Morgan fingerprint density at radius 2 is 0.833 bits per heavy atom. The van der Waals surface area contributed by atoms with E-state index in [9.17, 15) is 0 Å². The van der Waals surface area contributed by atoms with Gasteiger partial charge in [0.15, 0.2) is 0 Å². The van der Waals surface area contributed by atoms with Gasteiger partial charge >= 0.3 is 118 Å². The molecular formula is H2Cr2Na2O8. The summed E-state index contributed by atoms with van der Waals surface area (Å²) in [6, 6.07) is 0. The monoisotopic (exact) mass is 280 g/mol. The molecule has 0 saturated heterocycles. The molecule has 0 aromatic rings. The first-order valence-corrected chi connectivity index (χ1v) is 5.63. The van der Waals surface area contributed by atoms with E-state index >= 15 is 0 Å². The standard InChI is InChI=1S/2Cr.2Na.2H2O.6O/h;;;;2*1H2;;;;;;/q;+2;2*+1;;;;;;;2*-1/p-2. The molecule has 0 bridgehead atoms. The molecule has 8 nitrogen and oxygen atoms in total. The second-order valence-electron chi connectivity index (χ2n) is 0.856. The van der Waals surface area contributed by atoms with Crippen LogP contribution in [-0.4, -0.2) is 8.32 Å². The van der Waals surface area contributed by atoms with Gasteiger partial charge in [-0.15, -0.1) is 0 Å². The first-order chi connectivity index (χ1) is 4.00. The molecule has 0 atom stereocenters. The molecule has 0 unspecified atom stereocenters. The quantitative estimate of drug-likeness (QED) is 0.414. The van der Waals surface area contributed by atoms with Crippen LogP contribution in [-0.2, 0) is 42.4 Å². The van der Waals surface area contributed by atoms with Crippen molar-refractivity contribution in [3.8, 4) is 0 Å². The summed E-state index contributed by atoms with van der Waals surface area (Å²) in [5.41, 5.74) is 0. The fourth-order valence-corrected chi connectivity index (χ4v) is 0. The average Bonchev–Trinajstić information content (AvgIpc) is 1.12. The molecule has 0 fully saturated rings. The maximum atomic E-state index is 8.82. The van der Waals surface area contributed by atoms with Crippen LogP contribution in [0.3, 0.4) is 0 Å². The molecule has 12 heavy (non-hydrogen) atoms. The Labute approximate surface area is 116 Å². The van der Waals surface area contributed by atoms with Gasteiger partial charge in [-0.05, 0) is 0 Å². The molecule has 0 aliphatic rings. The zero-order valence-electron chi connectivity index (χ0n) is 6.16. The van der Waals surface area contributed by atoms with Crippen LogP contribution in [0.25, 0.3) is 0 Å². The van der Waals surface area contributed by atoms with E-state index in [1.54, 1.807) is 0 Å². The molecule has 0 aliphatic carbocycles. The minimum atomic E-state index is -5.75. The molecule has 0 radical (unpaired) electrons. The number of rotatable bonds is 0. The van der Waals surface area contributed by atoms with Gasteiger partial charge in [-0.2, -0.15) is 0 Å². The van der Waals surface area contributed by atoms with E-state index in [1.807, 2.05) is 0 Å². The van der Waals surface area contributed by atoms with Crippen LogP contribution in [0, 0.1) is 0 Å². The Hall–Kier alpha value is 2.10. The predicted molar refractivity (Wildman–Crippen MR) is 7.18 cm³/mol. The van der Waals surface area contributed by atoms with Crippen molar-refractivity contribution in [2.24, 2.45) is 0 Å². The van der Waals surface area contributed by atoms with E-state index in [4.69, 9.17) is 31.8 Å². The van der Waals surface area contributed by atoms with E-state index in [0.29, 0.717) is 0 Å². The molecule has 64 valence electrons. The topological polar surface area (TPSA) is 155 Å². The van der Waals surface area contributed by atoms with Crippen LogP contribution in [0.15, 0.2) is 0 Å². The molecule has 0 spiro atoms. The van der Waals surface area contributed by atoms with Crippen molar-refractivity contribution < 1.29 is 118 Å². The van der Waals surface area contributed by atoms with Gasteiger partial charge in [-0.3, -0.25) is 0 Å². The third-order valence-electron chi connectivity index (χ3n) is 0. The summed E-state index contributed by atoms with van der Waals surface area (Å²) in [7, 11) is 0. The third kappa shape index (κ3) is 337. The summed E-state index contributed by atoms with van der Waals surface area (Å²) >= 11 is -11.0. The molecule has 0 aliphatic heterocycles. The van der Waals surface area contributed by atoms with Crippen LogP contribution in [0.1, 0.15) is 0 Å². The number of hydrogen-bond donors (Lipinski definition) is 2. The van der Waals surface area contributed by atoms with Gasteiger partial charge in [0.25, 0.3) is 0 Å². The maximum absolute atomic E-state index is 8.82. The summed E-state index contributed by atoms with van der Waals surface area (Å²) in [6.07, 6.45) is 0. The van der Waals surface area contributed by atoms with Crippen LogP contribution in [0.5, 0.6) is 0 Å². The molecule has 0 rings (SSSR count). The summed E-state index contributed by atoms with van der Waals surface area (Å²) < 4.78 is 66.2. The molecule has 0 amide bonds. The van der Waals surface area contributed by atoms with Crippen molar-refractivity contribution in [3.05, 3.63) is 0 Å². The Morgan fingerprint density at radius 1 is 0.833 bits per heavy atom. The van der Waals surface area contributed by atoms with Crippen LogP contribution in [0.2, 0.25) is 0 Å². The summed E-state index contributed by atoms with van der Waals surface area (Å²) in [4.78, 5) is 0. The molecule has 0 saturated carbocycles. The van der Waals surface area contributed by atoms with Gasteiger partial charge in [-0.25, -0.2) is 0 Å². The zero-order valence-corrected chi connectivity index (χ0v) is 12.7. The Kier molecular flexibility index (Phi) is 19.1. The van der Waals surface area contributed by atoms with Gasteiger partial charge in [0.05, 0.1) is 0 Å². The SMILES string of the molecule is [Na+].[Na+].[O]=[Cr](=[O])([O-])[O-].[O]=[Cr](=[O])([OH])[OH]. The fourth-order valence-electron chi connectivity index (χ4n) is 0. The van der Waals surface area contributed by atoms with Crippen molar-refractivity contribution in [3.63, 3.8) is 0 Å². The summed E-state index contributed by atoms with van der Waals surface area (Å²) in [6.45, 7) is 0. The van der Waals surface area contributed by atoms with E-state index in [2.05, 4.69) is 0 Å². The van der Waals surface area contributed by atoms with Crippen molar-refractivity contribution in [2.45, 2.75) is 0 Å². The van der Waals surface area contributed by atoms with Gasteiger partial charge in [0.2, 0.25) is 0 Å². The van der Waals surface area contributed by atoms with E-state index in [0.717, 1.165) is 0 Å². The van der Waals surface area contributed by atoms with Gasteiger partial charge in [0, 0.05) is 0 Å². The van der Waals surface area contributed by atoms with Crippen molar-refractivity contribution in [1.29, 1.82) is 0 Å². The molecule has 12 heteroatoms. The van der Waals surface area contributed by atoms with E-state index in [-0.39, 0.29) is 59.1 Å². The Bertz CT molecular complexity index is 211. The Morgan fingerprint density at radius 3 is 0.833 bits per heavy atom. The van der Waals surface area contributed by atoms with Crippen molar-refractivity contribution >= 4 is 0 Å². The first kappa shape index (κ1) is 23.7. The molecule has 2 N–H and O–H groups in total. The first-order valence-electron chi connectivity index (χ1n) is 1.37. The minimum absolute atomic E-state index is 0. The van der Waals surface area contributed by atoms with Gasteiger partial charge in [-0.1, -0.05) is 0 Å². The summed E-state index contributed by atoms with van der Waals surface area (Å²) in [5, 5.41) is 0. The fraction of sp³-hybridized carbons (Fsp3) is 0. The Balaban J connectivity index is -0.0000000457. The second-order valence-corrected chi connectivity index (χ2v) is 3.53. The van der Waals surface area contributed by atoms with Crippen LogP contribution >= 0.6 is 0 Å². The zero-order chi connectivity index (χ0) is 9.00. The molecular weight excluding hydrogens is 278 g/mol. The average molecular weight is 280 g/mol. The second kappa shape index (κ2) is 9.65. The third-order valence-corrected chi connectivity index (χ3v) is 0. The van der Waals surface area contributed by atoms with E-state index < -0.39 is 27.2 Å². The van der Waals surface area contributed by atoms with E-state index in [1.165, 1.54) is 0 Å². The molecule has 0 heterocycles. The van der Waals surface area contributed by atoms with Crippen LogP contribution < -0.4 is 67.4 Å². The van der Waals surface area contributed by atoms with Gasteiger partial charge in [0.1, 0.15) is 0 Å². The van der Waals surface area contributed by atoms with Crippen molar-refractivity contribution in [2.75, 3.05) is 0 Å². The normalized spacial score (nSPS) is 9.67. The van der Waals surface area contributed by atoms with Gasteiger partial charge < -0.3 is 0 Å². The van der Waals surface area contributed by atoms with Crippen molar-refractivity contribution in [1.82, 2.24) is 0 Å². The summed E-state index contributed by atoms with van der Waals surface area (Å²) in [5.74, 6) is 0. The predicted octanol–water partition coefficient (Wildman–Crippen LogP) is -9.96. The molecule has 0 aromatic carbocycles. The van der Waals surface area contributed by atoms with Crippen LogP contribution in [0.4, 0.5) is 0 Å². The number of hydrogen-bond acceptors (Lipinski definition) is 6.